The number of hydrogen-bond acceptors (Lipinski definition) is 4. The molecule has 100 valence electrons. The molecule has 1 atom stereocenters. The average Bonchev–Trinajstić information content (AvgIpc) is 2.33. The third-order valence-corrected chi connectivity index (χ3v) is 2.97. The second-order valence-corrected chi connectivity index (χ2v) is 4.39. The molecule has 5 nitrogen and oxygen atoms in total. The summed E-state index contributed by atoms with van der Waals surface area (Å²) in [4.78, 5) is 11.1. The lowest BCUT2D eigenvalue weighted by atomic mass is 9.98. The van der Waals surface area contributed by atoms with E-state index in [9.17, 15) is 14.3 Å². The molecule has 1 aromatic rings. The van der Waals surface area contributed by atoms with Gasteiger partial charge in [0.15, 0.2) is 0 Å². The van der Waals surface area contributed by atoms with Crippen LogP contribution in [-0.2, 0) is 0 Å². The molecule has 0 bridgehead atoms. The molecule has 0 spiro atoms. The largest absolute Gasteiger partial charge is 0.478 e. The third kappa shape index (κ3) is 2.70. The number of anilines is 2. The van der Waals surface area contributed by atoms with Gasteiger partial charge in [0, 0.05) is 0 Å². The SMILES string of the molecule is CCC(C)(CO)Nc1ccc(F)c(N)c1C(=O)O. The molecule has 0 radical (unpaired) electrons. The molecule has 5 N–H and O–H groups in total. The van der Waals surface area contributed by atoms with Gasteiger partial charge in [-0.05, 0) is 25.5 Å². The lowest BCUT2D eigenvalue weighted by Crippen LogP contribution is -2.38. The fraction of sp³-hybridized carbons (Fsp3) is 0.417. The second kappa shape index (κ2) is 5.22. The Hall–Kier alpha value is -1.82. The van der Waals surface area contributed by atoms with Gasteiger partial charge in [0.1, 0.15) is 11.4 Å². The minimum absolute atomic E-state index is 0.181. The number of nitrogens with two attached hydrogens (primary N) is 1. The van der Waals surface area contributed by atoms with Crippen molar-refractivity contribution in [1.82, 2.24) is 0 Å². The van der Waals surface area contributed by atoms with E-state index in [2.05, 4.69) is 5.32 Å². The van der Waals surface area contributed by atoms with Crippen molar-refractivity contribution in [3.8, 4) is 0 Å². The van der Waals surface area contributed by atoms with E-state index in [0.717, 1.165) is 6.07 Å². The second-order valence-electron chi connectivity index (χ2n) is 4.39. The van der Waals surface area contributed by atoms with Crippen LogP contribution in [0.1, 0.15) is 30.6 Å². The summed E-state index contributed by atoms with van der Waals surface area (Å²) in [6.07, 6.45) is 0.569. The van der Waals surface area contributed by atoms with Crippen LogP contribution in [0, 0.1) is 5.82 Å². The standard InChI is InChI=1S/C12H17FN2O3/c1-3-12(2,6-16)15-8-5-4-7(13)10(14)9(8)11(17)18/h4-5,15-16H,3,6,14H2,1-2H3,(H,17,18). The molecule has 0 fully saturated rings. The van der Waals surface area contributed by atoms with E-state index >= 15 is 0 Å². The number of aromatic carboxylic acids is 1. The topological polar surface area (TPSA) is 95.6 Å². The van der Waals surface area contributed by atoms with Gasteiger partial charge in [0.2, 0.25) is 0 Å². The van der Waals surface area contributed by atoms with Crippen LogP contribution >= 0.6 is 0 Å². The van der Waals surface area contributed by atoms with E-state index in [1.807, 2.05) is 6.92 Å². The summed E-state index contributed by atoms with van der Waals surface area (Å²) >= 11 is 0. The number of benzene rings is 1. The van der Waals surface area contributed by atoms with Gasteiger partial charge in [-0.15, -0.1) is 0 Å². The van der Waals surface area contributed by atoms with Crippen LogP contribution in [0.3, 0.4) is 0 Å². The highest BCUT2D eigenvalue weighted by atomic mass is 19.1. The summed E-state index contributed by atoms with van der Waals surface area (Å²) in [5, 5.41) is 21.2. The fourth-order valence-corrected chi connectivity index (χ4v) is 1.49. The van der Waals surface area contributed by atoms with Crippen molar-refractivity contribution in [2.75, 3.05) is 17.7 Å². The van der Waals surface area contributed by atoms with Crippen LogP contribution < -0.4 is 11.1 Å². The number of carboxylic acids is 1. The smallest absolute Gasteiger partial charge is 0.340 e. The van der Waals surface area contributed by atoms with Gasteiger partial charge < -0.3 is 21.3 Å². The molecule has 0 aliphatic rings. The van der Waals surface area contributed by atoms with Crippen LogP contribution in [0.15, 0.2) is 12.1 Å². The van der Waals surface area contributed by atoms with Crippen LogP contribution in [0.4, 0.5) is 15.8 Å². The maximum absolute atomic E-state index is 13.3. The normalized spacial score (nSPS) is 14.0. The summed E-state index contributed by atoms with van der Waals surface area (Å²) < 4.78 is 13.3. The van der Waals surface area contributed by atoms with Crippen molar-refractivity contribution in [3.63, 3.8) is 0 Å². The van der Waals surface area contributed by atoms with E-state index in [-0.39, 0.29) is 17.9 Å². The zero-order valence-corrected chi connectivity index (χ0v) is 10.3. The van der Waals surface area contributed by atoms with Gasteiger partial charge in [-0.25, -0.2) is 9.18 Å². The van der Waals surface area contributed by atoms with Gasteiger partial charge in [0.25, 0.3) is 0 Å². The molecular formula is C12H17FN2O3. The first-order valence-corrected chi connectivity index (χ1v) is 5.55. The Labute approximate surface area is 104 Å². The van der Waals surface area contributed by atoms with Gasteiger partial charge in [-0.1, -0.05) is 6.92 Å². The highest BCUT2D eigenvalue weighted by Gasteiger charge is 2.25. The van der Waals surface area contributed by atoms with E-state index in [1.165, 1.54) is 6.07 Å². The molecule has 0 heterocycles. The quantitative estimate of drug-likeness (QED) is 0.601. The minimum Gasteiger partial charge on any atom is -0.478 e. The van der Waals surface area contributed by atoms with E-state index in [0.29, 0.717) is 6.42 Å². The fourth-order valence-electron chi connectivity index (χ4n) is 1.49. The summed E-state index contributed by atoms with van der Waals surface area (Å²) in [6, 6.07) is 2.40. The van der Waals surface area contributed by atoms with E-state index in [1.54, 1.807) is 6.92 Å². The predicted molar refractivity (Wildman–Crippen MR) is 67.2 cm³/mol. The van der Waals surface area contributed by atoms with Crippen molar-refractivity contribution >= 4 is 17.3 Å². The number of halogens is 1. The summed E-state index contributed by atoms with van der Waals surface area (Å²) in [6.45, 7) is 3.40. The first-order chi connectivity index (χ1) is 8.34. The van der Waals surface area contributed by atoms with Gasteiger partial charge in [0.05, 0.1) is 23.5 Å². The molecule has 1 rings (SSSR count). The lowest BCUT2D eigenvalue weighted by Gasteiger charge is -2.29. The first-order valence-electron chi connectivity index (χ1n) is 5.55. The van der Waals surface area contributed by atoms with Gasteiger partial charge in [-0.2, -0.15) is 0 Å². The zero-order valence-electron chi connectivity index (χ0n) is 10.3. The van der Waals surface area contributed by atoms with Crippen LogP contribution in [-0.4, -0.2) is 28.3 Å². The summed E-state index contributed by atoms with van der Waals surface area (Å²) in [5.74, 6) is -2.09. The maximum atomic E-state index is 13.3. The molecule has 0 aromatic heterocycles. The molecule has 0 saturated carbocycles. The number of nitrogens with one attached hydrogen (secondary N) is 1. The van der Waals surface area contributed by atoms with Crippen LogP contribution in [0.2, 0.25) is 0 Å². The van der Waals surface area contributed by atoms with Crippen molar-refractivity contribution < 1.29 is 19.4 Å². The molecule has 0 amide bonds. The number of rotatable bonds is 5. The monoisotopic (exact) mass is 256 g/mol. The lowest BCUT2D eigenvalue weighted by molar-refractivity contribution is 0.0698. The van der Waals surface area contributed by atoms with Crippen molar-refractivity contribution in [2.45, 2.75) is 25.8 Å². The third-order valence-electron chi connectivity index (χ3n) is 2.97. The Kier molecular flexibility index (Phi) is 4.13. The number of nitrogen functional groups attached to an aromatic ring is 1. The van der Waals surface area contributed by atoms with E-state index in [4.69, 9.17) is 10.8 Å². The molecular weight excluding hydrogens is 239 g/mol. The Morgan fingerprint density at radius 2 is 2.17 bits per heavy atom. The molecule has 0 saturated heterocycles. The average molecular weight is 256 g/mol. The minimum atomic E-state index is -1.31. The Morgan fingerprint density at radius 1 is 1.56 bits per heavy atom. The Balaban J connectivity index is 3.25. The zero-order chi connectivity index (χ0) is 13.9. The summed E-state index contributed by atoms with van der Waals surface area (Å²) in [7, 11) is 0. The highest BCUT2D eigenvalue weighted by Crippen LogP contribution is 2.28. The number of carboxylic acid groups (broad SMARTS) is 1. The van der Waals surface area contributed by atoms with Crippen molar-refractivity contribution in [1.29, 1.82) is 0 Å². The Morgan fingerprint density at radius 3 is 2.61 bits per heavy atom. The highest BCUT2D eigenvalue weighted by molar-refractivity contribution is 6.00. The predicted octanol–water partition coefficient (Wildman–Crippen LogP) is 1.68. The molecule has 18 heavy (non-hydrogen) atoms. The number of hydrogen-bond donors (Lipinski definition) is 4. The van der Waals surface area contributed by atoms with Crippen molar-refractivity contribution in [2.24, 2.45) is 0 Å². The Bertz CT molecular complexity index is 459. The van der Waals surface area contributed by atoms with E-state index < -0.39 is 23.0 Å². The van der Waals surface area contributed by atoms with Crippen LogP contribution in [0.5, 0.6) is 0 Å². The summed E-state index contributed by atoms with van der Waals surface area (Å²) in [5.41, 5.74) is 4.21. The van der Waals surface area contributed by atoms with Crippen molar-refractivity contribution in [3.05, 3.63) is 23.5 Å². The number of aliphatic hydroxyl groups is 1. The molecule has 0 aliphatic heterocycles. The maximum Gasteiger partial charge on any atom is 0.340 e. The molecule has 0 aliphatic carbocycles. The number of carbonyl (C=O) groups is 1. The van der Waals surface area contributed by atoms with Gasteiger partial charge in [-0.3, -0.25) is 0 Å². The molecule has 6 heteroatoms. The first kappa shape index (κ1) is 14.2. The van der Waals surface area contributed by atoms with Gasteiger partial charge >= 0.3 is 5.97 Å². The number of aliphatic hydroxyl groups excluding tert-OH is 1. The van der Waals surface area contributed by atoms with Crippen LogP contribution in [0.25, 0.3) is 0 Å². The molecule has 1 aromatic carbocycles. The molecule has 1 unspecified atom stereocenters.